The lowest BCUT2D eigenvalue weighted by atomic mass is 9.93. The first-order valence-electron chi connectivity index (χ1n) is 8.90. The Morgan fingerprint density at radius 1 is 1.00 bits per heavy atom. The van der Waals surface area contributed by atoms with Crippen LogP contribution in [0.25, 0.3) is 0 Å². The number of rotatable bonds is 11. The summed E-state index contributed by atoms with van der Waals surface area (Å²) in [4.78, 5) is 10.8. The van der Waals surface area contributed by atoms with Gasteiger partial charge in [0.25, 0.3) is 0 Å². The molecule has 7 heteroatoms. The van der Waals surface area contributed by atoms with E-state index in [4.69, 9.17) is 16.7 Å². The van der Waals surface area contributed by atoms with E-state index in [2.05, 4.69) is 4.72 Å². The van der Waals surface area contributed by atoms with Crippen molar-refractivity contribution in [2.45, 2.75) is 42.9 Å². The average molecular weight is 410 g/mol. The molecule has 2 N–H and O–H groups in total. The maximum Gasteiger partial charge on any atom is 0.303 e. The summed E-state index contributed by atoms with van der Waals surface area (Å²) in [5, 5.41) is 9.20. The minimum absolute atomic E-state index is 0.0260. The van der Waals surface area contributed by atoms with Gasteiger partial charge in [0.05, 0.1) is 4.90 Å². The van der Waals surface area contributed by atoms with Crippen LogP contribution in [0.1, 0.15) is 43.6 Å². The van der Waals surface area contributed by atoms with Crippen LogP contribution in [-0.4, -0.2) is 26.0 Å². The minimum Gasteiger partial charge on any atom is -0.481 e. The van der Waals surface area contributed by atoms with Gasteiger partial charge in [-0.15, -0.1) is 0 Å². The normalized spacial score (nSPS) is 12.6. The van der Waals surface area contributed by atoms with Gasteiger partial charge in [-0.2, -0.15) is 0 Å². The fraction of sp³-hybridized carbons (Fsp3) is 0.350. The number of sulfonamides is 1. The molecule has 1 atom stereocenters. The Hall–Kier alpha value is -1.89. The average Bonchev–Trinajstić information content (AvgIpc) is 2.64. The molecule has 146 valence electrons. The zero-order valence-corrected chi connectivity index (χ0v) is 16.5. The third kappa shape index (κ3) is 7.33. The largest absolute Gasteiger partial charge is 0.481 e. The van der Waals surface area contributed by atoms with Gasteiger partial charge in [0.2, 0.25) is 10.0 Å². The number of carboxylic acid groups (broad SMARTS) is 1. The van der Waals surface area contributed by atoms with Crippen LogP contribution >= 0.6 is 11.6 Å². The zero-order valence-electron chi connectivity index (χ0n) is 15.0. The van der Waals surface area contributed by atoms with Gasteiger partial charge >= 0.3 is 5.97 Å². The molecule has 0 bridgehead atoms. The summed E-state index contributed by atoms with van der Waals surface area (Å²) in [7, 11) is -3.61. The number of halogens is 1. The van der Waals surface area contributed by atoms with Crippen LogP contribution in [0.15, 0.2) is 59.5 Å². The molecule has 0 aliphatic heterocycles. The predicted molar refractivity (Wildman–Crippen MR) is 107 cm³/mol. The van der Waals surface area contributed by atoms with Gasteiger partial charge in [0.15, 0.2) is 0 Å². The molecule has 0 amide bonds. The third-order valence-electron chi connectivity index (χ3n) is 4.36. The topological polar surface area (TPSA) is 83.5 Å². The van der Waals surface area contributed by atoms with E-state index < -0.39 is 16.0 Å². The quantitative estimate of drug-likeness (QED) is 0.537. The highest BCUT2D eigenvalue weighted by molar-refractivity contribution is 7.89. The zero-order chi connectivity index (χ0) is 19.7. The highest BCUT2D eigenvalue weighted by atomic mass is 35.5. The predicted octanol–water partition coefficient (Wildman–Crippen LogP) is 4.44. The molecule has 0 spiro atoms. The van der Waals surface area contributed by atoms with Crippen molar-refractivity contribution in [2.24, 2.45) is 0 Å². The molecule has 0 aromatic heterocycles. The van der Waals surface area contributed by atoms with Gasteiger partial charge in [0, 0.05) is 18.0 Å². The smallest absolute Gasteiger partial charge is 0.303 e. The maximum atomic E-state index is 12.5. The Labute approximate surface area is 165 Å². The standard InChI is InChI=1S/C20H24ClNO4S/c21-18-11-13-19(14-12-18)27(25,26)22-15-17(16-7-3-1-4-8-16)9-5-2-6-10-20(23)24/h1,3-4,7-8,11-14,17,22H,2,5-6,9-10,15H2,(H,23,24). The molecule has 0 saturated carbocycles. The van der Waals surface area contributed by atoms with Crippen molar-refractivity contribution in [2.75, 3.05) is 6.54 Å². The van der Waals surface area contributed by atoms with Crippen LogP contribution in [0, 0.1) is 0 Å². The second-order valence-electron chi connectivity index (χ2n) is 6.41. The van der Waals surface area contributed by atoms with E-state index in [0.717, 1.165) is 24.8 Å². The molecule has 0 saturated heterocycles. The van der Waals surface area contributed by atoms with Gasteiger partial charge < -0.3 is 5.11 Å². The monoisotopic (exact) mass is 409 g/mol. The summed E-state index contributed by atoms with van der Waals surface area (Å²) >= 11 is 5.82. The van der Waals surface area contributed by atoms with E-state index in [1.807, 2.05) is 30.3 Å². The molecule has 27 heavy (non-hydrogen) atoms. The molecule has 2 aromatic carbocycles. The molecule has 1 unspecified atom stereocenters. The number of hydrogen-bond donors (Lipinski definition) is 2. The molecule has 0 aliphatic rings. The molecule has 2 rings (SSSR count). The molecule has 0 radical (unpaired) electrons. The van der Waals surface area contributed by atoms with Gasteiger partial charge in [-0.05, 0) is 48.6 Å². The van der Waals surface area contributed by atoms with Crippen molar-refractivity contribution in [1.29, 1.82) is 0 Å². The second-order valence-corrected chi connectivity index (χ2v) is 8.61. The van der Waals surface area contributed by atoms with Crippen LogP contribution < -0.4 is 4.72 Å². The van der Waals surface area contributed by atoms with Crippen LogP contribution in [0.5, 0.6) is 0 Å². The maximum absolute atomic E-state index is 12.5. The van der Waals surface area contributed by atoms with Gasteiger partial charge in [-0.3, -0.25) is 4.79 Å². The van der Waals surface area contributed by atoms with E-state index in [1.165, 1.54) is 12.1 Å². The first-order valence-corrected chi connectivity index (χ1v) is 10.8. The van der Waals surface area contributed by atoms with E-state index in [0.29, 0.717) is 11.4 Å². The number of nitrogens with one attached hydrogen (secondary N) is 1. The molecule has 0 heterocycles. The van der Waals surface area contributed by atoms with Crippen LogP contribution in [0.4, 0.5) is 0 Å². The van der Waals surface area contributed by atoms with Crippen molar-refractivity contribution < 1.29 is 18.3 Å². The Balaban J connectivity index is 1.99. The van der Waals surface area contributed by atoms with Crippen molar-refractivity contribution in [1.82, 2.24) is 4.72 Å². The van der Waals surface area contributed by atoms with Gasteiger partial charge in [-0.25, -0.2) is 13.1 Å². The summed E-state index contributed by atoms with van der Waals surface area (Å²) in [6.45, 7) is 0.286. The Morgan fingerprint density at radius 3 is 2.30 bits per heavy atom. The van der Waals surface area contributed by atoms with Crippen molar-refractivity contribution >= 4 is 27.6 Å². The SMILES string of the molecule is O=C(O)CCCCCC(CNS(=O)(=O)c1ccc(Cl)cc1)c1ccccc1. The Kier molecular flexibility index (Phi) is 8.28. The van der Waals surface area contributed by atoms with Crippen LogP contribution in [0.2, 0.25) is 5.02 Å². The number of hydrogen-bond acceptors (Lipinski definition) is 3. The van der Waals surface area contributed by atoms with Gasteiger partial charge in [-0.1, -0.05) is 54.8 Å². The van der Waals surface area contributed by atoms with Crippen LogP contribution in [0.3, 0.4) is 0 Å². The summed E-state index contributed by atoms with van der Waals surface area (Å²) in [6.07, 6.45) is 3.23. The number of benzene rings is 2. The summed E-state index contributed by atoms with van der Waals surface area (Å²) in [5.74, 6) is -0.761. The Bertz CT molecular complexity index is 823. The van der Waals surface area contributed by atoms with Crippen molar-refractivity contribution in [3.05, 3.63) is 65.2 Å². The first kappa shape index (κ1) is 21.4. The first-order chi connectivity index (χ1) is 12.9. The van der Waals surface area contributed by atoms with E-state index in [1.54, 1.807) is 12.1 Å². The summed E-state index contributed by atoms with van der Waals surface area (Å²) in [5.41, 5.74) is 1.06. The molecular formula is C20H24ClNO4S. The third-order valence-corrected chi connectivity index (χ3v) is 6.05. The van der Waals surface area contributed by atoms with Crippen LogP contribution in [-0.2, 0) is 14.8 Å². The minimum atomic E-state index is -3.61. The summed E-state index contributed by atoms with van der Waals surface area (Å²) in [6, 6.07) is 15.8. The lowest BCUT2D eigenvalue weighted by molar-refractivity contribution is -0.137. The molecular weight excluding hydrogens is 386 g/mol. The van der Waals surface area contributed by atoms with E-state index >= 15 is 0 Å². The highest BCUT2D eigenvalue weighted by Gasteiger charge is 2.18. The molecule has 0 fully saturated rings. The fourth-order valence-electron chi connectivity index (χ4n) is 2.86. The van der Waals surface area contributed by atoms with Crippen molar-refractivity contribution in [3.63, 3.8) is 0 Å². The second kappa shape index (κ2) is 10.4. The van der Waals surface area contributed by atoms with E-state index in [-0.39, 0.29) is 23.8 Å². The lowest BCUT2D eigenvalue weighted by Crippen LogP contribution is -2.28. The summed E-state index contributed by atoms with van der Waals surface area (Å²) < 4.78 is 27.7. The molecule has 2 aromatic rings. The number of carbonyl (C=O) groups is 1. The fourth-order valence-corrected chi connectivity index (χ4v) is 4.07. The number of carboxylic acids is 1. The lowest BCUT2D eigenvalue weighted by Gasteiger charge is -2.18. The molecule has 5 nitrogen and oxygen atoms in total. The van der Waals surface area contributed by atoms with E-state index in [9.17, 15) is 13.2 Å². The number of unbranched alkanes of at least 4 members (excludes halogenated alkanes) is 2. The number of aliphatic carboxylic acids is 1. The highest BCUT2D eigenvalue weighted by Crippen LogP contribution is 2.23. The molecule has 0 aliphatic carbocycles. The van der Waals surface area contributed by atoms with Gasteiger partial charge in [0.1, 0.15) is 0 Å². The van der Waals surface area contributed by atoms with Crippen molar-refractivity contribution in [3.8, 4) is 0 Å². The Morgan fingerprint density at radius 2 is 1.67 bits per heavy atom.